The number of nitrogens with one attached hydrogen (secondary N) is 1. The zero-order valence-corrected chi connectivity index (χ0v) is 14.7. The molecule has 4 rings (SSSR count). The van der Waals surface area contributed by atoms with Gasteiger partial charge < -0.3 is 10.2 Å². The lowest BCUT2D eigenvalue weighted by molar-refractivity contribution is 0.0740. The summed E-state index contributed by atoms with van der Waals surface area (Å²) in [4.78, 5) is 35.5. The molecule has 2 aromatic heterocycles. The van der Waals surface area contributed by atoms with E-state index < -0.39 is 0 Å². The van der Waals surface area contributed by atoms with E-state index in [4.69, 9.17) is 0 Å². The van der Waals surface area contributed by atoms with Gasteiger partial charge in [-0.15, -0.1) is 11.3 Å². The number of fused-ring (bicyclic) bond motifs is 1. The SMILES string of the molecule is O=C(Nc1ccsc1C(=O)N1CCc2ccccc2C1)c1cnccn1. The molecule has 0 fully saturated rings. The van der Waals surface area contributed by atoms with Gasteiger partial charge in [-0.3, -0.25) is 14.6 Å². The number of anilines is 1. The molecule has 3 aromatic rings. The van der Waals surface area contributed by atoms with E-state index in [0.717, 1.165) is 6.42 Å². The Morgan fingerprint density at radius 2 is 1.96 bits per heavy atom. The van der Waals surface area contributed by atoms with Crippen LogP contribution in [0.5, 0.6) is 0 Å². The third-order valence-corrected chi connectivity index (χ3v) is 5.22. The van der Waals surface area contributed by atoms with E-state index in [1.54, 1.807) is 11.4 Å². The van der Waals surface area contributed by atoms with Crippen molar-refractivity contribution < 1.29 is 9.59 Å². The number of benzene rings is 1. The van der Waals surface area contributed by atoms with Crippen LogP contribution in [0.1, 0.15) is 31.3 Å². The minimum absolute atomic E-state index is 0.0658. The highest BCUT2D eigenvalue weighted by Crippen LogP contribution is 2.27. The van der Waals surface area contributed by atoms with Crippen molar-refractivity contribution in [1.29, 1.82) is 0 Å². The highest BCUT2D eigenvalue weighted by Gasteiger charge is 2.25. The molecule has 0 unspecified atom stereocenters. The second-order valence-electron chi connectivity index (χ2n) is 5.95. The maximum Gasteiger partial charge on any atom is 0.275 e. The average molecular weight is 364 g/mol. The molecule has 0 aliphatic carbocycles. The van der Waals surface area contributed by atoms with E-state index in [-0.39, 0.29) is 17.5 Å². The summed E-state index contributed by atoms with van der Waals surface area (Å²) in [6, 6.07) is 9.92. The molecule has 2 amide bonds. The van der Waals surface area contributed by atoms with Gasteiger partial charge in [0.2, 0.25) is 0 Å². The lowest BCUT2D eigenvalue weighted by atomic mass is 10.00. The van der Waals surface area contributed by atoms with Crippen molar-refractivity contribution in [3.63, 3.8) is 0 Å². The lowest BCUT2D eigenvalue weighted by Crippen LogP contribution is -2.36. The molecule has 0 saturated carbocycles. The molecule has 0 spiro atoms. The van der Waals surface area contributed by atoms with Crippen LogP contribution in [-0.2, 0) is 13.0 Å². The van der Waals surface area contributed by atoms with E-state index in [0.29, 0.717) is 23.7 Å². The molecule has 6 nitrogen and oxygen atoms in total. The number of nitrogens with zero attached hydrogens (tertiary/aromatic N) is 3. The van der Waals surface area contributed by atoms with Crippen LogP contribution in [0.4, 0.5) is 5.69 Å². The fourth-order valence-corrected chi connectivity index (χ4v) is 3.80. The molecule has 1 aliphatic rings. The minimum Gasteiger partial charge on any atom is -0.333 e. The van der Waals surface area contributed by atoms with Crippen LogP contribution in [0.2, 0.25) is 0 Å². The van der Waals surface area contributed by atoms with E-state index in [1.807, 2.05) is 17.0 Å². The van der Waals surface area contributed by atoms with Crippen LogP contribution >= 0.6 is 11.3 Å². The maximum absolute atomic E-state index is 13.0. The third-order valence-electron chi connectivity index (χ3n) is 4.32. The first kappa shape index (κ1) is 16.4. The summed E-state index contributed by atoms with van der Waals surface area (Å²) in [5.41, 5.74) is 3.19. The predicted octanol–water partition coefficient (Wildman–Crippen LogP) is 2.99. The first-order chi connectivity index (χ1) is 12.7. The van der Waals surface area contributed by atoms with Gasteiger partial charge in [0.05, 0.1) is 11.9 Å². The summed E-state index contributed by atoms with van der Waals surface area (Å²) >= 11 is 1.33. The van der Waals surface area contributed by atoms with Crippen LogP contribution < -0.4 is 5.32 Å². The number of hydrogen-bond donors (Lipinski definition) is 1. The van der Waals surface area contributed by atoms with Gasteiger partial charge in [0, 0.05) is 25.5 Å². The molecule has 0 radical (unpaired) electrons. The summed E-state index contributed by atoms with van der Waals surface area (Å²) in [5, 5.41) is 4.57. The van der Waals surface area contributed by atoms with Gasteiger partial charge >= 0.3 is 0 Å². The van der Waals surface area contributed by atoms with Crippen LogP contribution in [0.25, 0.3) is 0 Å². The van der Waals surface area contributed by atoms with Gasteiger partial charge in [-0.25, -0.2) is 4.98 Å². The predicted molar refractivity (Wildman–Crippen MR) is 99.2 cm³/mol. The summed E-state index contributed by atoms with van der Waals surface area (Å²) < 4.78 is 0. The molecule has 1 aromatic carbocycles. The standard InChI is InChI=1S/C19H16N4O2S/c24-18(16-11-20-7-8-21-16)22-15-6-10-26-17(15)19(25)23-9-5-13-3-1-2-4-14(13)12-23/h1-4,6-8,10-11H,5,9,12H2,(H,22,24). The second kappa shape index (κ2) is 7.05. The van der Waals surface area contributed by atoms with Crippen molar-refractivity contribution in [2.75, 3.05) is 11.9 Å². The first-order valence-corrected chi connectivity index (χ1v) is 9.11. The number of carbonyl (C=O) groups excluding carboxylic acids is 2. The highest BCUT2D eigenvalue weighted by atomic mass is 32.1. The van der Waals surface area contributed by atoms with Gasteiger partial charge in [0.15, 0.2) is 0 Å². The Hall–Kier alpha value is -3.06. The van der Waals surface area contributed by atoms with E-state index in [1.165, 1.54) is 41.1 Å². The molecular weight excluding hydrogens is 348 g/mol. The van der Waals surface area contributed by atoms with Gasteiger partial charge in [0.25, 0.3) is 11.8 Å². The molecule has 0 atom stereocenters. The van der Waals surface area contributed by atoms with Gasteiger partial charge in [-0.2, -0.15) is 0 Å². The van der Waals surface area contributed by atoms with Crippen molar-refractivity contribution >= 4 is 28.8 Å². The Morgan fingerprint density at radius 3 is 2.77 bits per heavy atom. The Bertz CT molecular complexity index is 955. The quantitative estimate of drug-likeness (QED) is 0.775. The van der Waals surface area contributed by atoms with E-state index in [2.05, 4.69) is 27.4 Å². The normalized spacial score (nSPS) is 13.2. The van der Waals surface area contributed by atoms with Crippen molar-refractivity contribution in [1.82, 2.24) is 14.9 Å². The molecule has 7 heteroatoms. The zero-order valence-electron chi connectivity index (χ0n) is 13.9. The maximum atomic E-state index is 13.0. The second-order valence-corrected chi connectivity index (χ2v) is 6.87. The molecule has 3 heterocycles. The fourth-order valence-electron chi connectivity index (χ4n) is 2.99. The number of rotatable bonds is 3. The summed E-state index contributed by atoms with van der Waals surface area (Å²) in [5.74, 6) is -0.446. The molecule has 130 valence electrons. The largest absolute Gasteiger partial charge is 0.333 e. The molecule has 1 N–H and O–H groups in total. The molecule has 0 bridgehead atoms. The van der Waals surface area contributed by atoms with Crippen molar-refractivity contribution in [3.05, 3.63) is 76.0 Å². The molecule has 1 aliphatic heterocycles. The molecule has 26 heavy (non-hydrogen) atoms. The Morgan fingerprint density at radius 1 is 1.12 bits per heavy atom. The Kier molecular flexibility index (Phi) is 4.45. The number of aromatic nitrogens is 2. The van der Waals surface area contributed by atoms with Crippen LogP contribution in [0.15, 0.2) is 54.3 Å². The topological polar surface area (TPSA) is 75.2 Å². The zero-order chi connectivity index (χ0) is 17.9. The number of carbonyl (C=O) groups is 2. The summed E-state index contributed by atoms with van der Waals surface area (Å²) in [6.07, 6.45) is 5.20. The van der Waals surface area contributed by atoms with Crippen LogP contribution in [-0.4, -0.2) is 33.2 Å². The third kappa shape index (κ3) is 3.21. The molecular formula is C19H16N4O2S. The summed E-state index contributed by atoms with van der Waals surface area (Å²) in [7, 11) is 0. The van der Waals surface area contributed by atoms with E-state index >= 15 is 0 Å². The minimum atomic E-state index is -0.380. The number of thiophene rings is 1. The lowest BCUT2D eigenvalue weighted by Gasteiger charge is -2.28. The monoisotopic (exact) mass is 364 g/mol. The van der Waals surface area contributed by atoms with Gasteiger partial charge in [-0.05, 0) is 29.0 Å². The number of amides is 2. The average Bonchev–Trinajstić information content (AvgIpc) is 3.15. The van der Waals surface area contributed by atoms with Crippen molar-refractivity contribution in [2.45, 2.75) is 13.0 Å². The summed E-state index contributed by atoms with van der Waals surface area (Å²) in [6.45, 7) is 1.26. The first-order valence-electron chi connectivity index (χ1n) is 8.23. The van der Waals surface area contributed by atoms with Crippen LogP contribution in [0.3, 0.4) is 0 Å². The smallest absolute Gasteiger partial charge is 0.275 e. The van der Waals surface area contributed by atoms with Crippen molar-refractivity contribution in [2.24, 2.45) is 0 Å². The highest BCUT2D eigenvalue weighted by molar-refractivity contribution is 7.12. The molecule has 0 saturated heterocycles. The fraction of sp³-hybridized carbons (Fsp3) is 0.158. The van der Waals surface area contributed by atoms with Gasteiger partial charge in [-0.1, -0.05) is 24.3 Å². The van der Waals surface area contributed by atoms with E-state index in [9.17, 15) is 9.59 Å². The van der Waals surface area contributed by atoms with Crippen molar-refractivity contribution in [3.8, 4) is 0 Å². The Labute approximate surface area is 154 Å². The Balaban J connectivity index is 1.52. The van der Waals surface area contributed by atoms with Gasteiger partial charge in [0.1, 0.15) is 10.6 Å². The number of hydrogen-bond acceptors (Lipinski definition) is 5. The van der Waals surface area contributed by atoms with Crippen LogP contribution in [0, 0.1) is 0 Å².